The monoisotopic (exact) mass is 348 g/mol. The van der Waals surface area contributed by atoms with Gasteiger partial charge in [0, 0.05) is 4.47 Å². The summed E-state index contributed by atoms with van der Waals surface area (Å²) in [5.74, 6) is 0. The molecule has 6 heteroatoms. The van der Waals surface area contributed by atoms with E-state index in [2.05, 4.69) is 42.1 Å². The molecule has 0 amide bonds. The Hall–Kier alpha value is -0.460. The largest absolute Gasteiger partial charge is 0.464 e. The zero-order valence-electron chi connectivity index (χ0n) is 7.48. The van der Waals surface area contributed by atoms with Gasteiger partial charge in [0.1, 0.15) is 6.61 Å². The van der Waals surface area contributed by atoms with Crippen LogP contribution in [0.3, 0.4) is 0 Å². The molecular weight excluding hydrogens is 344 g/mol. The first-order valence-electron chi connectivity index (χ1n) is 4.10. The first kappa shape index (κ1) is 11.0. The van der Waals surface area contributed by atoms with Crippen molar-refractivity contribution in [1.29, 1.82) is 0 Å². The van der Waals surface area contributed by atoms with Gasteiger partial charge in [0.25, 0.3) is 5.19 Å². The number of rotatable bonds is 3. The van der Waals surface area contributed by atoms with Crippen LogP contribution < -0.4 is 4.74 Å². The Labute approximate surface area is 108 Å². The molecule has 3 nitrogen and oxygen atoms in total. The molecule has 0 aliphatic heterocycles. The van der Waals surface area contributed by atoms with E-state index >= 15 is 0 Å². The first-order valence-corrected chi connectivity index (χ1v) is 6.50. The summed E-state index contributed by atoms with van der Waals surface area (Å²) in [5, 5.41) is 8.21. The fourth-order valence-corrected chi connectivity index (χ4v) is 2.16. The molecule has 1 heterocycles. The van der Waals surface area contributed by atoms with Crippen LogP contribution in [-0.2, 0) is 6.61 Å². The van der Waals surface area contributed by atoms with Crippen LogP contribution in [0.25, 0.3) is 0 Å². The molecule has 2 rings (SSSR count). The van der Waals surface area contributed by atoms with E-state index in [1.807, 2.05) is 24.3 Å². The second-order valence-corrected chi connectivity index (χ2v) is 5.87. The van der Waals surface area contributed by atoms with Gasteiger partial charge in [-0.05, 0) is 45.0 Å². The molecule has 0 radical (unpaired) electrons. The molecule has 0 saturated carbocycles. The number of halogens is 2. The van der Waals surface area contributed by atoms with E-state index in [0.717, 1.165) is 14.0 Å². The highest BCUT2D eigenvalue weighted by molar-refractivity contribution is 9.11. The second-order valence-electron chi connectivity index (χ2n) is 2.74. The summed E-state index contributed by atoms with van der Waals surface area (Å²) in [4.78, 5) is 0. The van der Waals surface area contributed by atoms with Gasteiger partial charge in [-0.25, -0.2) is 0 Å². The van der Waals surface area contributed by atoms with Crippen molar-refractivity contribution in [1.82, 2.24) is 10.2 Å². The highest BCUT2D eigenvalue weighted by atomic mass is 79.9. The molecule has 0 unspecified atom stereocenters. The fraction of sp³-hybridized carbons (Fsp3) is 0.111. The average Bonchev–Trinajstić information content (AvgIpc) is 2.64. The molecule has 1 aromatic heterocycles. The first-order chi connectivity index (χ1) is 7.24. The van der Waals surface area contributed by atoms with Crippen LogP contribution in [0.2, 0.25) is 0 Å². The number of aromatic nitrogens is 2. The SMILES string of the molecule is Brc1ccc(COc2nnc(Br)s2)cc1. The van der Waals surface area contributed by atoms with E-state index in [1.54, 1.807) is 0 Å². The summed E-state index contributed by atoms with van der Waals surface area (Å²) in [6.07, 6.45) is 0. The van der Waals surface area contributed by atoms with Crippen molar-refractivity contribution in [2.45, 2.75) is 6.61 Å². The molecule has 1 aromatic carbocycles. The molecule has 78 valence electrons. The number of benzene rings is 1. The standard InChI is InChI=1S/C9H6Br2N2OS/c10-7-3-1-6(2-4-7)5-14-9-13-12-8(11)15-9/h1-4H,5H2. The Morgan fingerprint density at radius 1 is 1.13 bits per heavy atom. The minimum atomic E-state index is 0.509. The fourth-order valence-electron chi connectivity index (χ4n) is 0.977. The summed E-state index contributed by atoms with van der Waals surface area (Å²) in [6.45, 7) is 0.509. The third-order valence-electron chi connectivity index (χ3n) is 1.66. The van der Waals surface area contributed by atoms with Crippen LogP contribution in [0, 0.1) is 0 Å². The van der Waals surface area contributed by atoms with Gasteiger partial charge >= 0.3 is 0 Å². The smallest absolute Gasteiger partial charge is 0.295 e. The Balaban J connectivity index is 1.96. The Morgan fingerprint density at radius 3 is 2.47 bits per heavy atom. The summed E-state index contributed by atoms with van der Waals surface area (Å²) in [6, 6.07) is 7.96. The third-order valence-corrected chi connectivity index (χ3v) is 3.45. The number of hydrogen-bond donors (Lipinski definition) is 0. The molecule has 15 heavy (non-hydrogen) atoms. The van der Waals surface area contributed by atoms with Gasteiger partial charge in [-0.1, -0.05) is 33.2 Å². The summed E-state index contributed by atoms with van der Waals surface area (Å²) in [5.41, 5.74) is 1.10. The second kappa shape index (κ2) is 5.05. The van der Waals surface area contributed by atoms with E-state index in [0.29, 0.717) is 11.8 Å². The lowest BCUT2D eigenvalue weighted by molar-refractivity contribution is 0.302. The molecule has 0 N–H and O–H groups in total. The lowest BCUT2D eigenvalue weighted by Crippen LogP contribution is -1.94. The van der Waals surface area contributed by atoms with E-state index < -0.39 is 0 Å². The van der Waals surface area contributed by atoms with Gasteiger partial charge in [-0.2, -0.15) is 0 Å². The van der Waals surface area contributed by atoms with Crippen LogP contribution >= 0.6 is 43.2 Å². The highest BCUT2D eigenvalue weighted by Gasteiger charge is 2.02. The molecule has 0 saturated heterocycles. The van der Waals surface area contributed by atoms with Crippen LogP contribution in [0.4, 0.5) is 0 Å². The predicted octanol–water partition coefficient (Wildman–Crippen LogP) is 3.64. The Morgan fingerprint density at radius 2 is 1.87 bits per heavy atom. The molecule has 0 aliphatic rings. The summed E-state index contributed by atoms with van der Waals surface area (Å²) in [7, 11) is 0. The molecular formula is C9H6Br2N2OS. The van der Waals surface area contributed by atoms with Gasteiger partial charge < -0.3 is 4.74 Å². The minimum absolute atomic E-state index is 0.509. The van der Waals surface area contributed by atoms with Crippen LogP contribution in [0.15, 0.2) is 32.7 Å². The van der Waals surface area contributed by atoms with Crippen molar-refractivity contribution in [2.75, 3.05) is 0 Å². The molecule has 0 aliphatic carbocycles. The lowest BCUT2D eigenvalue weighted by atomic mass is 10.2. The van der Waals surface area contributed by atoms with Crippen molar-refractivity contribution in [3.8, 4) is 5.19 Å². The van der Waals surface area contributed by atoms with E-state index in [9.17, 15) is 0 Å². The van der Waals surface area contributed by atoms with Crippen LogP contribution in [-0.4, -0.2) is 10.2 Å². The molecule has 0 spiro atoms. The van der Waals surface area contributed by atoms with E-state index in [4.69, 9.17) is 4.74 Å². The highest BCUT2D eigenvalue weighted by Crippen LogP contribution is 2.23. The van der Waals surface area contributed by atoms with E-state index in [1.165, 1.54) is 11.3 Å². The van der Waals surface area contributed by atoms with Crippen molar-refractivity contribution in [3.63, 3.8) is 0 Å². The van der Waals surface area contributed by atoms with Gasteiger partial charge in [-0.3, -0.25) is 0 Å². The minimum Gasteiger partial charge on any atom is -0.464 e. The topological polar surface area (TPSA) is 35.0 Å². The van der Waals surface area contributed by atoms with Gasteiger partial charge in [0.2, 0.25) is 0 Å². The predicted molar refractivity (Wildman–Crippen MR) is 66.1 cm³/mol. The zero-order chi connectivity index (χ0) is 10.7. The van der Waals surface area contributed by atoms with E-state index in [-0.39, 0.29) is 0 Å². The van der Waals surface area contributed by atoms with Crippen molar-refractivity contribution in [2.24, 2.45) is 0 Å². The quantitative estimate of drug-likeness (QED) is 0.848. The van der Waals surface area contributed by atoms with Gasteiger partial charge in [-0.15, -0.1) is 5.10 Å². The summed E-state index contributed by atoms with van der Waals surface area (Å²) < 4.78 is 7.24. The van der Waals surface area contributed by atoms with Crippen molar-refractivity contribution < 1.29 is 4.74 Å². The maximum atomic E-state index is 5.45. The number of hydrogen-bond acceptors (Lipinski definition) is 4. The molecule has 0 bridgehead atoms. The van der Waals surface area contributed by atoms with Crippen molar-refractivity contribution in [3.05, 3.63) is 38.2 Å². The van der Waals surface area contributed by atoms with Crippen LogP contribution in [0.1, 0.15) is 5.56 Å². The van der Waals surface area contributed by atoms with Gasteiger partial charge in [0.15, 0.2) is 3.92 Å². The normalized spacial score (nSPS) is 10.3. The average molecular weight is 350 g/mol. The molecule has 0 atom stereocenters. The molecule has 0 fully saturated rings. The lowest BCUT2D eigenvalue weighted by Gasteiger charge is -2.01. The zero-order valence-corrected chi connectivity index (χ0v) is 11.5. The maximum Gasteiger partial charge on any atom is 0.295 e. The molecule has 2 aromatic rings. The number of nitrogens with zero attached hydrogens (tertiary/aromatic N) is 2. The Kier molecular flexibility index (Phi) is 3.71. The Bertz CT molecular complexity index is 444. The van der Waals surface area contributed by atoms with Crippen LogP contribution in [0.5, 0.6) is 5.19 Å². The maximum absolute atomic E-state index is 5.45. The van der Waals surface area contributed by atoms with Gasteiger partial charge in [0.05, 0.1) is 0 Å². The third kappa shape index (κ3) is 3.25. The summed E-state index contributed by atoms with van der Waals surface area (Å²) >= 11 is 7.98. The van der Waals surface area contributed by atoms with Crippen molar-refractivity contribution >= 4 is 43.2 Å². The number of ether oxygens (including phenoxy) is 1.